The predicted molar refractivity (Wildman–Crippen MR) is 50.5 cm³/mol. The lowest BCUT2D eigenvalue weighted by Gasteiger charge is -2.01. The van der Waals surface area contributed by atoms with Crippen molar-refractivity contribution in [2.75, 3.05) is 5.73 Å². The zero-order chi connectivity index (χ0) is 10.1. The molecule has 0 unspecified atom stereocenters. The zero-order valence-corrected chi connectivity index (χ0v) is 7.61. The number of hydrogen-bond donors (Lipinski definition) is 1. The summed E-state index contributed by atoms with van der Waals surface area (Å²) in [5, 5.41) is 7.59. The van der Waals surface area contributed by atoms with E-state index in [1.807, 2.05) is 0 Å². The van der Waals surface area contributed by atoms with Gasteiger partial charge in [-0.3, -0.25) is 0 Å². The van der Waals surface area contributed by atoms with Crippen LogP contribution in [0, 0.1) is 12.7 Å². The molecular weight excluding hydrogens is 183 g/mol. The molecule has 0 radical (unpaired) electrons. The van der Waals surface area contributed by atoms with Gasteiger partial charge in [0, 0.05) is 0 Å². The molecule has 0 fully saturated rings. The Morgan fingerprint density at radius 1 is 1.43 bits per heavy atom. The number of nitrogen functional groups attached to an aromatic ring is 1. The molecule has 0 saturated carbocycles. The van der Waals surface area contributed by atoms with Crippen molar-refractivity contribution in [2.24, 2.45) is 0 Å². The Morgan fingerprint density at radius 3 is 2.79 bits per heavy atom. The maximum absolute atomic E-state index is 12.9. The number of aromatic nitrogens is 3. The van der Waals surface area contributed by atoms with Gasteiger partial charge in [0.25, 0.3) is 0 Å². The minimum atomic E-state index is -0.324. The third kappa shape index (κ3) is 1.32. The lowest BCUT2D eigenvalue weighted by atomic mass is 10.3. The molecule has 2 N–H and O–H groups in total. The molecule has 0 bridgehead atoms. The molecule has 2 rings (SSSR count). The van der Waals surface area contributed by atoms with E-state index in [1.165, 1.54) is 16.8 Å². The molecule has 0 atom stereocenters. The van der Waals surface area contributed by atoms with Crippen molar-refractivity contribution in [1.29, 1.82) is 0 Å². The average molecular weight is 192 g/mol. The summed E-state index contributed by atoms with van der Waals surface area (Å²) in [5.74, 6) is 0.102. The van der Waals surface area contributed by atoms with Crippen LogP contribution < -0.4 is 5.73 Å². The molecule has 0 aliphatic heterocycles. The minimum Gasteiger partial charge on any atom is -0.382 e. The Balaban J connectivity index is 2.55. The average Bonchev–Trinajstić information content (AvgIpc) is 2.48. The Kier molecular flexibility index (Phi) is 1.92. The Morgan fingerprint density at radius 2 is 2.21 bits per heavy atom. The summed E-state index contributed by atoms with van der Waals surface area (Å²) in [4.78, 5) is 0. The van der Waals surface area contributed by atoms with Crippen molar-refractivity contribution in [3.8, 4) is 5.69 Å². The van der Waals surface area contributed by atoms with Gasteiger partial charge >= 0.3 is 0 Å². The molecule has 0 saturated heterocycles. The molecule has 72 valence electrons. The highest BCUT2D eigenvalue weighted by atomic mass is 19.1. The van der Waals surface area contributed by atoms with Gasteiger partial charge in [0.15, 0.2) is 5.82 Å². The fourth-order valence-corrected chi connectivity index (χ4v) is 1.16. The van der Waals surface area contributed by atoms with Crippen molar-refractivity contribution >= 4 is 5.82 Å². The largest absolute Gasteiger partial charge is 0.382 e. The quantitative estimate of drug-likeness (QED) is 0.740. The number of anilines is 1. The Labute approximate surface area is 80.2 Å². The van der Waals surface area contributed by atoms with Gasteiger partial charge in [0.05, 0.1) is 5.69 Å². The van der Waals surface area contributed by atoms with E-state index in [0.29, 0.717) is 17.2 Å². The second kappa shape index (κ2) is 3.10. The molecule has 0 aliphatic rings. The van der Waals surface area contributed by atoms with E-state index in [-0.39, 0.29) is 5.82 Å². The van der Waals surface area contributed by atoms with Crippen LogP contribution >= 0.6 is 0 Å². The van der Waals surface area contributed by atoms with Gasteiger partial charge in [-0.05, 0) is 25.1 Å². The SMILES string of the molecule is Cc1nnn(-c2cccc(F)c2)c1N. The van der Waals surface area contributed by atoms with Crippen LogP contribution in [0.25, 0.3) is 5.69 Å². The van der Waals surface area contributed by atoms with Crippen LogP contribution in [0.2, 0.25) is 0 Å². The van der Waals surface area contributed by atoms with Gasteiger partial charge in [-0.25, -0.2) is 4.39 Å². The summed E-state index contributed by atoms with van der Waals surface area (Å²) in [5.41, 5.74) is 6.91. The van der Waals surface area contributed by atoms with Gasteiger partial charge in [-0.2, -0.15) is 4.68 Å². The first-order valence-corrected chi connectivity index (χ1v) is 4.12. The fourth-order valence-electron chi connectivity index (χ4n) is 1.16. The standard InChI is InChI=1S/C9H9FN4/c1-6-9(11)14(13-12-6)8-4-2-3-7(10)5-8/h2-5H,11H2,1H3. The number of hydrogen-bond acceptors (Lipinski definition) is 3. The lowest BCUT2D eigenvalue weighted by Crippen LogP contribution is -2.02. The molecule has 1 aromatic carbocycles. The minimum absolute atomic E-state index is 0.324. The normalized spacial score (nSPS) is 10.4. The van der Waals surface area contributed by atoms with E-state index >= 15 is 0 Å². The molecule has 0 spiro atoms. The number of aryl methyl sites for hydroxylation is 1. The van der Waals surface area contributed by atoms with Gasteiger partial charge in [0.2, 0.25) is 0 Å². The summed E-state index contributed by atoms with van der Waals surface area (Å²) in [6, 6.07) is 6.03. The number of nitrogens with zero attached hydrogens (tertiary/aromatic N) is 3. The molecule has 0 amide bonds. The molecule has 5 heteroatoms. The Bertz CT molecular complexity index is 464. The second-order valence-corrected chi connectivity index (χ2v) is 2.95. The fraction of sp³-hybridized carbons (Fsp3) is 0.111. The molecular formula is C9H9FN4. The number of rotatable bonds is 1. The van der Waals surface area contributed by atoms with Gasteiger partial charge in [-0.15, -0.1) is 5.10 Å². The third-order valence-electron chi connectivity index (χ3n) is 1.94. The van der Waals surface area contributed by atoms with E-state index < -0.39 is 0 Å². The van der Waals surface area contributed by atoms with E-state index in [2.05, 4.69) is 10.3 Å². The number of benzene rings is 1. The first kappa shape index (κ1) is 8.68. The smallest absolute Gasteiger partial charge is 0.150 e. The van der Waals surface area contributed by atoms with Gasteiger partial charge in [0.1, 0.15) is 11.5 Å². The van der Waals surface area contributed by atoms with Gasteiger partial charge < -0.3 is 5.73 Å². The summed E-state index contributed by atoms with van der Waals surface area (Å²) in [6.07, 6.45) is 0. The van der Waals surface area contributed by atoms with E-state index in [0.717, 1.165) is 0 Å². The van der Waals surface area contributed by atoms with Crippen LogP contribution in [0.15, 0.2) is 24.3 Å². The first-order valence-electron chi connectivity index (χ1n) is 4.12. The maximum atomic E-state index is 12.9. The summed E-state index contributed by atoms with van der Waals surface area (Å²) in [7, 11) is 0. The van der Waals surface area contributed by atoms with Crippen molar-refractivity contribution in [3.63, 3.8) is 0 Å². The summed E-state index contributed by atoms with van der Waals surface area (Å²) >= 11 is 0. The van der Waals surface area contributed by atoms with Crippen molar-refractivity contribution in [1.82, 2.24) is 15.0 Å². The van der Waals surface area contributed by atoms with E-state index in [1.54, 1.807) is 19.1 Å². The van der Waals surface area contributed by atoms with Crippen LogP contribution in [0.1, 0.15) is 5.69 Å². The van der Waals surface area contributed by atoms with Crippen LogP contribution in [0.5, 0.6) is 0 Å². The summed E-state index contributed by atoms with van der Waals surface area (Å²) < 4.78 is 14.3. The lowest BCUT2D eigenvalue weighted by molar-refractivity contribution is 0.625. The third-order valence-corrected chi connectivity index (χ3v) is 1.94. The highest BCUT2D eigenvalue weighted by Crippen LogP contribution is 2.14. The van der Waals surface area contributed by atoms with Crippen LogP contribution in [0.4, 0.5) is 10.2 Å². The van der Waals surface area contributed by atoms with Crippen LogP contribution in [-0.2, 0) is 0 Å². The molecule has 1 heterocycles. The highest BCUT2D eigenvalue weighted by Gasteiger charge is 2.06. The molecule has 2 aromatic rings. The molecule has 1 aromatic heterocycles. The maximum Gasteiger partial charge on any atom is 0.150 e. The number of nitrogens with two attached hydrogens (primary N) is 1. The van der Waals surface area contributed by atoms with Crippen molar-refractivity contribution < 1.29 is 4.39 Å². The van der Waals surface area contributed by atoms with E-state index in [4.69, 9.17) is 5.73 Å². The van der Waals surface area contributed by atoms with Crippen LogP contribution in [-0.4, -0.2) is 15.0 Å². The van der Waals surface area contributed by atoms with Crippen molar-refractivity contribution in [2.45, 2.75) is 6.92 Å². The topological polar surface area (TPSA) is 56.7 Å². The molecule has 14 heavy (non-hydrogen) atoms. The first-order chi connectivity index (χ1) is 6.68. The van der Waals surface area contributed by atoms with Crippen LogP contribution in [0.3, 0.4) is 0 Å². The predicted octanol–water partition coefficient (Wildman–Crippen LogP) is 1.30. The zero-order valence-electron chi connectivity index (χ0n) is 7.61. The van der Waals surface area contributed by atoms with Crippen molar-refractivity contribution in [3.05, 3.63) is 35.8 Å². The summed E-state index contributed by atoms with van der Waals surface area (Å²) in [6.45, 7) is 1.75. The molecule has 4 nitrogen and oxygen atoms in total. The molecule has 0 aliphatic carbocycles. The second-order valence-electron chi connectivity index (χ2n) is 2.95. The Hall–Kier alpha value is -1.91. The van der Waals surface area contributed by atoms with E-state index in [9.17, 15) is 4.39 Å². The highest BCUT2D eigenvalue weighted by molar-refractivity contribution is 5.43. The number of halogens is 1. The monoisotopic (exact) mass is 192 g/mol. The van der Waals surface area contributed by atoms with Gasteiger partial charge in [-0.1, -0.05) is 11.3 Å².